The van der Waals surface area contributed by atoms with Gasteiger partial charge in [0.2, 0.25) is 5.91 Å². The molecule has 0 heterocycles. The van der Waals surface area contributed by atoms with Crippen LogP contribution in [0.2, 0.25) is 5.02 Å². The lowest BCUT2D eigenvalue weighted by Crippen LogP contribution is -2.14. The normalized spacial score (nSPS) is 9.85. The van der Waals surface area contributed by atoms with Crippen LogP contribution in [0.5, 0.6) is 0 Å². The summed E-state index contributed by atoms with van der Waals surface area (Å²) < 4.78 is 0.843. The summed E-state index contributed by atoms with van der Waals surface area (Å²) in [6, 6.07) is 14.2. The zero-order valence-corrected chi connectivity index (χ0v) is 12.7. The summed E-state index contributed by atoms with van der Waals surface area (Å²) in [5.74, 6) is -0.158. The number of carbonyl (C=O) groups excluding carboxylic acids is 1. The third-order valence-corrected chi connectivity index (χ3v) is 3.47. The van der Waals surface area contributed by atoms with E-state index in [1.165, 1.54) is 0 Å². The lowest BCUT2D eigenvalue weighted by molar-refractivity contribution is -0.115. The van der Waals surface area contributed by atoms with Crippen molar-refractivity contribution in [3.8, 4) is 6.07 Å². The fourth-order valence-corrected chi connectivity index (χ4v) is 2.20. The van der Waals surface area contributed by atoms with Gasteiger partial charge in [0, 0.05) is 4.47 Å². The van der Waals surface area contributed by atoms with Crippen LogP contribution < -0.4 is 5.32 Å². The largest absolute Gasteiger partial charge is 0.324 e. The van der Waals surface area contributed by atoms with Crippen LogP contribution in [-0.2, 0) is 11.2 Å². The quantitative estimate of drug-likeness (QED) is 0.905. The first-order chi connectivity index (χ1) is 9.58. The van der Waals surface area contributed by atoms with E-state index >= 15 is 0 Å². The molecule has 0 saturated carbocycles. The number of anilines is 1. The zero-order valence-electron chi connectivity index (χ0n) is 10.4. The molecule has 1 amide bonds. The topological polar surface area (TPSA) is 52.9 Å². The summed E-state index contributed by atoms with van der Waals surface area (Å²) in [6.07, 6.45) is 0.231. The van der Waals surface area contributed by atoms with Crippen LogP contribution in [0.25, 0.3) is 0 Å². The van der Waals surface area contributed by atoms with Gasteiger partial charge < -0.3 is 5.32 Å². The second-order valence-electron chi connectivity index (χ2n) is 4.16. The number of halogens is 2. The second-order valence-corrected chi connectivity index (χ2v) is 5.48. The predicted octanol–water partition coefficient (Wildman–Crippen LogP) is 4.16. The summed E-state index contributed by atoms with van der Waals surface area (Å²) >= 11 is 9.34. The van der Waals surface area contributed by atoms with Gasteiger partial charge in [0.1, 0.15) is 0 Å². The molecule has 2 aromatic carbocycles. The molecule has 20 heavy (non-hydrogen) atoms. The molecular formula is C15H10BrClN2O. The summed E-state index contributed by atoms with van der Waals surface area (Å²) in [5, 5.41) is 12.0. The van der Waals surface area contributed by atoms with Crippen molar-refractivity contribution in [2.45, 2.75) is 6.42 Å². The van der Waals surface area contributed by atoms with Crippen molar-refractivity contribution in [2.75, 3.05) is 5.32 Å². The molecule has 0 bridgehead atoms. The highest BCUT2D eigenvalue weighted by molar-refractivity contribution is 9.10. The van der Waals surface area contributed by atoms with Gasteiger partial charge in [-0.15, -0.1) is 0 Å². The van der Waals surface area contributed by atoms with Gasteiger partial charge in [0.25, 0.3) is 0 Å². The van der Waals surface area contributed by atoms with Crippen molar-refractivity contribution in [2.24, 2.45) is 0 Å². The first kappa shape index (κ1) is 14.6. The highest BCUT2D eigenvalue weighted by Crippen LogP contribution is 2.25. The molecule has 0 radical (unpaired) electrons. The Kier molecular flexibility index (Phi) is 4.78. The summed E-state index contributed by atoms with van der Waals surface area (Å²) in [4.78, 5) is 11.9. The zero-order chi connectivity index (χ0) is 14.5. The van der Waals surface area contributed by atoms with Crippen LogP contribution >= 0.6 is 27.5 Å². The Labute approximate surface area is 130 Å². The maximum Gasteiger partial charge on any atom is 0.228 e. The lowest BCUT2D eigenvalue weighted by Gasteiger charge is -2.08. The van der Waals surface area contributed by atoms with Gasteiger partial charge in [-0.1, -0.05) is 39.7 Å². The highest BCUT2D eigenvalue weighted by atomic mass is 79.9. The second kappa shape index (κ2) is 6.56. The first-order valence-corrected chi connectivity index (χ1v) is 6.99. The molecule has 5 heteroatoms. The Hall–Kier alpha value is -1.83. The van der Waals surface area contributed by atoms with Crippen LogP contribution in [0.15, 0.2) is 46.9 Å². The van der Waals surface area contributed by atoms with Gasteiger partial charge in [0.05, 0.1) is 28.8 Å². The van der Waals surface area contributed by atoms with E-state index < -0.39 is 0 Å². The van der Waals surface area contributed by atoms with Crippen molar-refractivity contribution >= 4 is 39.1 Å². The van der Waals surface area contributed by atoms with Gasteiger partial charge >= 0.3 is 0 Å². The average molecular weight is 350 g/mol. The molecule has 1 N–H and O–H groups in total. The minimum absolute atomic E-state index is 0.158. The molecule has 0 atom stereocenters. The van der Waals surface area contributed by atoms with Crippen molar-refractivity contribution in [3.63, 3.8) is 0 Å². The maximum atomic E-state index is 11.9. The van der Waals surface area contributed by atoms with E-state index in [0.29, 0.717) is 16.3 Å². The van der Waals surface area contributed by atoms with E-state index in [1.54, 1.807) is 42.5 Å². The molecule has 0 unspecified atom stereocenters. The van der Waals surface area contributed by atoms with Gasteiger partial charge in [-0.25, -0.2) is 0 Å². The highest BCUT2D eigenvalue weighted by Gasteiger charge is 2.07. The fourth-order valence-electron chi connectivity index (χ4n) is 1.67. The monoisotopic (exact) mass is 348 g/mol. The minimum atomic E-state index is -0.158. The Bertz CT molecular complexity index is 677. The standard InChI is InChI=1S/C15H10BrClN2O/c16-12-5-6-13(17)14(8-12)19-15(20)7-10-1-3-11(9-18)4-2-10/h1-6,8H,7H2,(H,19,20). The lowest BCUT2D eigenvalue weighted by atomic mass is 10.1. The van der Waals surface area contributed by atoms with E-state index in [1.807, 2.05) is 6.07 Å². The molecule has 0 spiro atoms. The van der Waals surface area contributed by atoms with Gasteiger partial charge in [-0.05, 0) is 35.9 Å². The number of amides is 1. The molecular weight excluding hydrogens is 340 g/mol. The number of nitriles is 1. The van der Waals surface area contributed by atoms with Crippen LogP contribution in [0.3, 0.4) is 0 Å². The fraction of sp³-hybridized carbons (Fsp3) is 0.0667. The van der Waals surface area contributed by atoms with E-state index in [4.69, 9.17) is 16.9 Å². The Morgan fingerprint density at radius 1 is 1.25 bits per heavy atom. The molecule has 2 rings (SSSR count). The number of nitrogens with zero attached hydrogens (tertiary/aromatic N) is 1. The number of nitrogens with one attached hydrogen (secondary N) is 1. The third kappa shape index (κ3) is 3.83. The molecule has 2 aromatic rings. The molecule has 0 aliphatic carbocycles. The van der Waals surface area contributed by atoms with Crippen molar-refractivity contribution in [1.82, 2.24) is 0 Å². The third-order valence-electron chi connectivity index (χ3n) is 2.65. The van der Waals surface area contributed by atoms with Crippen LogP contribution in [0.4, 0.5) is 5.69 Å². The predicted molar refractivity (Wildman–Crippen MR) is 82.6 cm³/mol. The molecule has 0 saturated heterocycles. The molecule has 0 aliphatic rings. The van der Waals surface area contributed by atoms with Crippen molar-refractivity contribution in [3.05, 3.63) is 63.1 Å². The number of carbonyl (C=O) groups is 1. The maximum absolute atomic E-state index is 11.9. The average Bonchev–Trinajstić information content (AvgIpc) is 2.43. The molecule has 0 aliphatic heterocycles. The Morgan fingerprint density at radius 3 is 2.60 bits per heavy atom. The number of hydrogen-bond acceptors (Lipinski definition) is 2. The van der Waals surface area contributed by atoms with E-state index in [9.17, 15) is 4.79 Å². The number of benzene rings is 2. The molecule has 0 fully saturated rings. The molecule has 3 nitrogen and oxygen atoms in total. The van der Waals surface area contributed by atoms with Gasteiger partial charge in [0.15, 0.2) is 0 Å². The summed E-state index contributed by atoms with van der Waals surface area (Å²) in [7, 11) is 0. The smallest absolute Gasteiger partial charge is 0.228 e. The summed E-state index contributed by atoms with van der Waals surface area (Å²) in [5.41, 5.74) is 1.98. The van der Waals surface area contributed by atoms with Crippen LogP contribution in [0, 0.1) is 11.3 Å². The summed E-state index contributed by atoms with van der Waals surface area (Å²) in [6.45, 7) is 0. The SMILES string of the molecule is N#Cc1ccc(CC(=O)Nc2cc(Br)ccc2Cl)cc1. The Morgan fingerprint density at radius 2 is 1.95 bits per heavy atom. The van der Waals surface area contributed by atoms with Gasteiger partial charge in [-0.2, -0.15) is 5.26 Å². The van der Waals surface area contributed by atoms with E-state index in [-0.39, 0.29) is 12.3 Å². The van der Waals surface area contributed by atoms with Gasteiger partial charge in [-0.3, -0.25) is 4.79 Å². The Balaban J connectivity index is 2.05. The minimum Gasteiger partial charge on any atom is -0.324 e. The van der Waals surface area contributed by atoms with E-state index in [0.717, 1.165) is 10.0 Å². The van der Waals surface area contributed by atoms with Crippen LogP contribution in [-0.4, -0.2) is 5.91 Å². The van der Waals surface area contributed by atoms with Crippen molar-refractivity contribution < 1.29 is 4.79 Å². The number of hydrogen-bond donors (Lipinski definition) is 1. The van der Waals surface area contributed by atoms with Crippen molar-refractivity contribution in [1.29, 1.82) is 5.26 Å². The molecule has 100 valence electrons. The first-order valence-electron chi connectivity index (χ1n) is 5.82. The van der Waals surface area contributed by atoms with E-state index in [2.05, 4.69) is 21.2 Å². The number of rotatable bonds is 3. The molecule has 0 aromatic heterocycles. The van der Waals surface area contributed by atoms with Crippen LogP contribution in [0.1, 0.15) is 11.1 Å².